The lowest BCUT2D eigenvalue weighted by Gasteiger charge is -2.25. The van der Waals surface area contributed by atoms with Gasteiger partial charge in [-0.3, -0.25) is 0 Å². The Bertz CT molecular complexity index is 319. The fourth-order valence-corrected chi connectivity index (χ4v) is 2.87. The van der Waals surface area contributed by atoms with E-state index in [4.69, 9.17) is 0 Å². The summed E-state index contributed by atoms with van der Waals surface area (Å²) in [4.78, 5) is 0. The van der Waals surface area contributed by atoms with Gasteiger partial charge in [-0.2, -0.15) is 0 Å². The molecule has 1 aliphatic rings. The SMILES string of the molecule is CCC1CCCc2ccccc2C1NC. The maximum absolute atomic E-state index is 3.50. The van der Waals surface area contributed by atoms with Gasteiger partial charge in [0.15, 0.2) is 0 Å². The van der Waals surface area contributed by atoms with Gasteiger partial charge in [-0.1, -0.05) is 37.6 Å². The number of hydrogen-bond acceptors (Lipinski definition) is 1. The molecule has 0 spiro atoms. The highest BCUT2D eigenvalue weighted by Gasteiger charge is 2.24. The maximum atomic E-state index is 3.50. The van der Waals surface area contributed by atoms with Gasteiger partial charge in [-0.05, 0) is 43.4 Å². The Morgan fingerprint density at radius 3 is 2.87 bits per heavy atom. The molecule has 0 saturated carbocycles. The smallest absolute Gasteiger partial charge is 0.0348 e. The van der Waals surface area contributed by atoms with E-state index in [0.717, 1.165) is 5.92 Å². The highest BCUT2D eigenvalue weighted by atomic mass is 14.9. The molecular formula is C14H21N. The fraction of sp³-hybridized carbons (Fsp3) is 0.571. The molecule has 0 aromatic heterocycles. The predicted octanol–water partition coefficient (Wildman–Crippen LogP) is 3.31. The lowest BCUT2D eigenvalue weighted by Crippen LogP contribution is -2.24. The molecule has 2 unspecified atom stereocenters. The van der Waals surface area contributed by atoms with Crippen molar-refractivity contribution in [2.45, 2.75) is 38.6 Å². The summed E-state index contributed by atoms with van der Waals surface area (Å²) in [5, 5.41) is 3.50. The molecule has 1 aromatic rings. The first-order valence-electron chi connectivity index (χ1n) is 6.12. The van der Waals surface area contributed by atoms with E-state index in [2.05, 4.69) is 43.6 Å². The Morgan fingerprint density at radius 2 is 2.13 bits per heavy atom. The highest BCUT2D eigenvalue weighted by Crippen LogP contribution is 2.34. The van der Waals surface area contributed by atoms with Crippen LogP contribution in [0.4, 0.5) is 0 Å². The molecule has 1 aliphatic carbocycles. The van der Waals surface area contributed by atoms with Crippen LogP contribution < -0.4 is 5.32 Å². The summed E-state index contributed by atoms with van der Waals surface area (Å²) in [5.41, 5.74) is 3.08. The monoisotopic (exact) mass is 203 g/mol. The molecule has 2 rings (SSSR count). The van der Waals surface area contributed by atoms with E-state index in [1.54, 1.807) is 5.56 Å². The van der Waals surface area contributed by atoms with Crippen LogP contribution in [0.2, 0.25) is 0 Å². The minimum absolute atomic E-state index is 0.564. The highest BCUT2D eigenvalue weighted by molar-refractivity contribution is 5.31. The number of nitrogens with one attached hydrogen (secondary N) is 1. The van der Waals surface area contributed by atoms with Crippen LogP contribution in [0.15, 0.2) is 24.3 Å². The van der Waals surface area contributed by atoms with E-state index in [0.29, 0.717) is 6.04 Å². The number of benzene rings is 1. The number of hydrogen-bond donors (Lipinski definition) is 1. The van der Waals surface area contributed by atoms with E-state index in [-0.39, 0.29) is 0 Å². The molecule has 0 amide bonds. The van der Waals surface area contributed by atoms with Gasteiger partial charge in [-0.15, -0.1) is 0 Å². The Morgan fingerprint density at radius 1 is 1.33 bits per heavy atom. The third-order valence-electron chi connectivity index (χ3n) is 3.72. The van der Waals surface area contributed by atoms with Gasteiger partial charge < -0.3 is 5.32 Å². The van der Waals surface area contributed by atoms with Crippen LogP contribution in [-0.4, -0.2) is 7.05 Å². The molecule has 0 bridgehead atoms. The Hall–Kier alpha value is -0.820. The maximum Gasteiger partial charge on any atom is 0.0348 e. The van der Waals surface area contributed by atoms with Gasteiger partial charge in [0.05, 0.1) is 0 Å². The second kappa shape index (κ2) is 4.80. The molecule has 82 valence electrons. The molecule has 1 N–H and O–H groups in total. The van der Waals surface area contributed by atoms with Crippen molar-refractivity contribution < 1.29 is 0 Å². The van der Waals surface area contributed by atoms with Crippen LogP contribution in [0.25, 0.3) is 0 Å². The Kier molecular flexibility index (Phi) is 3.42. The molecule has 1 nitrogen and oxygen atoms in total. The molecule has 1 aromatic carbocycles. The summed E-state index contributed by atoms with van der Waals surface area (Å²) in [7, 11) is 2.09. The zero-order valence-corrected chi connectivity index (χ0v) is 9.79. The molecule has 15 heavy (non-hydrogen) atoms. The van der Waals surface area contributed by atoms with Crippen LogP contribution >= 0.6 is 0 Å². The van der Waals surface area contributed by atoms with Crippen LogP contribution in [-0.2, 0) is 6.42 Å². The minimum atomic E-state index is 0.564. The van der Waals surface area contributed by atoms with Gasteiger partial charge >= 0.3 is 0 Å². The molecule has 0 heterocycles. The minimum Gasteiger partial charge on any atom is -0.313 e. The van der Waals surface area contributed by atoms with Crippen LogP contribution in [0, 0.1) is 5.92 Å². The summed E-state index contributed by atoms with van der Waals surface area (Å²) in [6.45, 7) is 2.31. The van der Waals surface area contributed by atoms with E-state index in [9.17, 15) is 0 Å². The van der Waals surface area contributed by atoms with Crippen molar-refractivity contribution in [2.75, 3.05) is 7.05 Å². The van der Waals surface area contributed by atoms with Crippen molar-refractivity contribution >= 4 is 0 Å². The van der Waals surface area contributed by atoms with Gasteiger partial charge in [-0.25, -0.2) is 0 Å². The third kappa shape index (κ3) is 2.07. The Labute approximate surface area is 92.9 Å². The van der Waals surface area contributed by atoms with Crippen molar-refractivity contribution in [1.29, 1.82) is 0 Å². The first-order chi connectivity index (χ1) is 7.36. The average molecular weight is 203 g/mol. The first kappa shape index (κ1) is 10.7. The first-order valence-corrected chi connectivity index (χ1v) is 6.12. The molecular weight excluding hydrogens is 182 g/mol. The second-order valence-corrected chi connectivity index (χ2v) is 4.53. The zero-order chi connectivity index (χ0) is 10.7. The average Bonchev–Trinajstić information content (AvgIpc) is 2.47. The van der Waals surface area contributed by atoms with Gasteiger partial charge in [0.1, 0.15) is 0 Å². The van der Waals surface area contributed by atoms with Gasteiger partial charge in [0, 0.05) is 6.04 Å². The molecule has 1 heteroatoms. The van der Waals surface area contributed by atoms with E-state index < -0.39 is 0 Å². The van der Waals surface area contributed by atoms with E-state index in [1.807, 2.05) is 0 Å². The van der Waals surface area contributed by atoms with Crippen molar-refractivity contribution in [3.8, 4) is 0 Å². The van der Waals surface area contributed by atoms with Crippen LogP contribution in [0.3, 0.4) is 0 Å². The number of rotatable bonds is 2. The van der Waals surface area contributed by atoms with Crippen molar-refractivity contribution in [3.63, 3.8) is 0 Å². The largest absolute Gasteiger partial charge is 0.313 e. The quantitative estimate of drug-likeness (QED) is 0.727. The van der Waals surface area contributed by atoms with Gasteiger partial charge in [0.2, 0.25) is 0 Å². The fourth-order valence-electron chi connectivity index (χ4n) is 2.87. The van der Waals surface area contributed by atoms with E-state index >= 15 is 0 Å². The molecule has 0 fully saturated rings. The summed E-state index contributed by atoms with van der Waals surface area (Å²) < 4.78 is 0. The summed E-state index contributed by atoms with van der Waals surface area (Å²) in [5.74, 6) is 0.804. The molecule has 0 saturated heterocycles. The second-order valence-electron chi connectivity index (χ2n) is 4.53. The molecule has 2 atom stereocenters. The van der Waals surface area contributed by atoms with E-state index in [1.165, 1.54) is 31.2 Å². The summed E-state index contributed by atoms with van der Waals surface area (Å²) in [6, 6.07) is 9.48. The Balaban J connectivity index is 2.36. The standard InChI is InChI=1S/C14H21N/c1-3-11-8-6-9-12-7-4-5-10-13(12)14(11)15-2/h4-5,7,10-11,14-15H,3,6,8-9H2,1-2H3. The molecule has 0 aliphatic heterocycles. The lowest BCUT2D eigenvalue weighted by atomic mass is 9.89. The summed E-state index contributed by atoms with van der Waals surface area (Å²) in [6.07, 6.45) is 5.23. The van der Waals surface area contributed by atoms with Crippen molar-refractivity contribution in [2.24, 2.45) is 5.92 Å². The number of aryl methyl sites for hydroxylation is 1. The normalized spacial score (nSPS) is 25.7. The topological polar surface area (TPSA) is 12.0 Å². The predicted molar refractivity (Wildman–Crippen MR) is 65.0 cm³/mol. The third-order valence-corrected chi connectivity index (χ3v) is 3.72. The molecule has 0 radical (unpaired) electrons. The number of fused-ring (bicyclic) bond motifs is 1. The van der Waals surface area contributed by atoms with Crippen molar-refractivity contribution in [3.05, 3.63) is 35.4 Å². The van der Waals surface area contributed by atoms with Crippen molar-refractivity contribution in [1.82, 2.24) is 5.32 Å². The summed E-state index contributed by atoms with van der Waals surface area (Å²) >= 11 is 0. The zero-order valence-electron chi connectivity index (χ0n) is 9.79. The van der Waals surface area contributed by atoms with Gasteiger partial charge in [0.25, 0.3) is 0 Å². The van der Waals surface area contributed by atoms with Crippen LogP contribution in [0.5, 0.6) is 0 Å². The lowest BCUT2D eigenvalue weighted by molar-refractivity contribution is 0.351. The van der Waals surface area contributed by atoms with Crippen LogP contribution in [0.1, 0.15) is 43.4 Å².